The van der Waals surface area contributed by atoms with Gasteiger partial charge >= 0.3 is 0 Å². The molecule has 0 N–H and O–H groups in total. The molecule has 0 radical (unpaired) electrons. The fourth-order valence-electron chi connectivity index (χ4n) is 4.45. The van der Waals surface area contributed by atoms with Crippen LogP contribution in [-0.2, 0) is 19.5 Å². The van der Waals surface area contributed by atoms with Crippen LogP contribution in [0.25, 0.3) is 11.0 Å². The average molecular weight is 404 g/mol. The number of pyridine rings is 1. The van der Waals surface area contributed by atoms with Gasteiger partial charge in [0.25, 0.3) is 0 Å². The van der Waals surface area contributed by atoms with Gasteiger partial charge in [-0.1, -0.05) is 54.6 Å². The van der Waals surface area contributed by atoms with Crippen molar-refractivity contribution in [1.82, 2.24) is 9.55 Å². The number of nitrogens with zero attached hydrogens (tertiary/aromatic N) is 3. The van der Waals surface area contributed by atoms with Gasteiger partial charge in [0.05, 0.1) is 16.7 Å². The molecule has 29 heavy (non-hydrogen) atoms. The highest BCUT2D eigenvalue weighted by Gasteiger charge is 2.22. The van der Waals surface area contributed by atoms with Gasteiger partial charge in [-0.05, 0) is 48.6 Å². The lowest BCUT2D eigenvalue weighted by molar-refractivity contribution is 0.727. The Morgan fingerprint density at radius 2 is 1.62 bits per heavy atom. The number of fused-ring (bicyclic) bond motifs is 2. The van der Waals surface area contributed by atoms with Crippen LogP contribution in [0.15, 0.2) is 66.9 Å². The molecule has 0 fully saturated rings. The minimum Gasteiger partial charge on any atom is -0.365 e. The topological polar surface area (TPSA) is 21.1 Å². The maximum atomic E-state index is 4.76. The lowest BCUT2D eigenvalue weighted by Gasteiger charge is -2.31. The summed E-state index contributed by atoms with van der Waals surface area (Å²) < 4.78 is 2.45. The number of halogens is 1. The van der Waals surface area contributed by atoms with Gasteiger partial charge < -0.3 is 9.47 Å². The Kier molecular flexibility index (Phi) is 5.33. The first-order valence-electron chi connectivity index (χ1n) is 10.0. The molecule has 5 rings (SSSR count). The summed E-state index contributed by atoms with van der Waals surface area (Å²) in [7, 11) is 0. The molecule has 0 aliphatic carbocycles. The Labute approximate surface area is 178 Å². The third kappa shape index (κ3) is 3.40. The van der Waals surface area contributed by atoms with Gasteiger partial charge in [-0.2, -0.15) is 0 Å². The van der Waals surface area contributed by atoms with E-state index in [4.69, 9.17) is 4.98 Å². The van der Waals surface area contributed by atoms with Crippen LogP contribution in [0.5, 0.6) is 0 Å². The fraction of sp³-hybridized carbons (Fsp3) is 0.240. The van der Waals surface area contributed by atoms with Crippen molar-refractivity contribution in [1.29, 1.82) is 0 Å². The van der Waals surface area contributed by atoms with Gasteiger partial charge in [0.1, 0.15) is 0 Å². The molecule has 0 bridgehead atoms. The molecular weight excluding hydrogens is 378 g/mol. The lowest BCUT2D eigenvalue weighted by Crippen LogP contribution is -2.30. The van der Waals surface area contributed by atoms with Crippen molar-refractivity contribution in [3.8, 4) is 0 Å². The first-order chi connectivity index (χ1) is 13.7. The minimum atomic E-state index is 0. The van der Waals surface area contributed by atoms with Crippen LogP contribution >= 0.6 is 12.4 Å². The Bertz CT molecular complexity index is 1150. The molecule has 3 nitrogen and oxygen atoms in total. The first kappa shape index (κ1) is 19.5. The van der Waals surface area contributed by atoms with Crippen molar-refractivity contribution >= 4 is 29.1 Å². The molecule has 0 amide bonds. The highest BCUT2D eigenvalue weighted by molar-refractivity contribution is 5.92. The van der Waals surface area contributed by atoms with Crippen LogP contribution in [0, 0.1) is 13.8 Å². The largest absolute Gasteiger partial charge is 0.365 e. The van der Waals surface area contributed by atoms with Gasteiger partial charge in [0, 0.05) is 31.5 Å². The van der Waals surface area contributed by atoms with Crippen LogP contribution in [0.3, 0.4) is 0 Å². The molecule has 1 aliphatic heterocycles. The zero-order valence-corrected chi connectivity index (χ0v) is 17.7. The Hall–Kier alpha value is -2.78. The Morgan fingerprint density at radius 3 is 2.41 bits per heavy atom. The van der Waals surface area contributed by atoms with E-state index in [1.165, 1.54) is 39.2 Å². The van der Waals surface area contributed by atoms with E-state index in [2.05, 4.69) is 84.0 Å². The second-order valence-corrected chi connectivity index (χ2v) is 7.75. The van der Waals surface area contributed by atoms with E-state index in [0.29, 0.717) is 0 Å². The van der Waals surface area contributed by atoms with Crippen molar-refractivity contribution in [2.24, 2.45) is 0 Å². The normalized spacial score (nSPS) is 13.2. The predicted molar refractivity (Wildman–Crippen MR) is 123 cm³/mol. The summed E-state index contributed by atoms with van der Waals surface area (Å²) in [6.07, 6.45) is 3.06. The van der Waals surface area contributed by atoms with Crippen molar-refractivity contribution in [3.63, 3.8) is 0 Å². The number of aryl methyl sites for hydroxylation is 1. The minimum absolute atomic E-state index is 0. The Balaban J connectivity index is 0.00000205. The number of benzene rings is 2. The van der Waals surface area contributed by atoms with Gasteiger partial charge in [0.15, 0.2) is 0 Å². The SMILES string of the molecule is Cc1c(C)n(Cc2ccccc2)c2c(N3CCc4ccccc4C3)ccnc12.Cl. The van der Waals surface area contributed by atoms with Gasteiger partial charge in [-0.25, -0.2) is 0 Å². The summed E-state index contributed by atoms with van der Waals surface area (Å²) in [5, 5.41) is 0. The number of anilines is 1. The maximum Gasteiger partial charge on any atom is 0.0934 e. The van der Waals surface area contributed by atoms with E-state index in [9.17, 15) is 0 Å². The van der Waals surface area contributed by atoms with Crippen LogP contribution in [-0.4, -0.2) is 16.1 Å². The highest BCUT2D eigenvalue weighted by atomic mass is 35.5. The zero-order valence-electron chi connectivity index (χ0n) is 16.9. The molecule has 2 aromatic heterocycles. The zero-order chi connectivity index (χ0) is 19.1. The average Bonchev–Trinajstić information content (AvgIpc) is 2.99. The number of aromatic nitrogens is 2. The van der Waals surface area contributed by atoms with Gasteiger partial charge in [-0.3, -0.25) is 4.98 Å². The van der Waals surface area contributed by atoms with Gasteiger partial charge in [0.2, 0.25) is 0 Å². The van der Waals surface area contributed by atoms with E-state index in [0.717, 1.165) is 31.6 Å². The molecule has 3 heterocycles. The molecule has 2 aromatic carbocycles. The second kappa shape index (κ2) is 7.92. The summed E-state index contributed by atoms with van der Waals surface area (Å²) >= 11 is 0. The second-order valence-electron chi connectivity index (χ2n) is 7.75. The van der Waals surface area contributed by atoms with Crippen molar-refractivity contribution in [2.75, 3.05) is 11.4 Å². The van der Waals surface area contributed by atoms with E-state index in [1.54, 1.807) is 0 Å². The third-order valence-corrected chi connectivity index (χ3v) is 6.13. The maximum absolute atomic E-state index is 4.76. The fourth-order valence-corrected chi connectivity index (χ4v) is 4.45. The lowest BCUT2D eigenvalue weighted by atomic mass is 9.99. The molecule has 0 spiro atoms. The molecule has 0 saturated carbocycles. The molecule has 0 unspecified atom stereocenters. The number of rotatable bonds is 3. The first-order valence-corrected chi connectivity index (χ1v) is 10.0. The summed E-state index contributed by atoms with van der Waals surface area (Å²) in [6.45, 7) is 7.30. The smallest absolute Gasteiger partial charge is 0.0934 e. The summed E-state index contributed by atoms with van der Waals surface area (Å²) in [6, 6.07) is 21.7. The van der Waals surface area contributed by atoms with E-state index >= 15 is 0 Å². The van der Waals surface area contributed by atoms with E-state index in [-0.39, 0.29) is 12.4 Å². The summed E-state index contributed by atoms with van der Waals surface area (Å²) in [5.41, 5.74) is 10.5. The quantitative estimate of drug-likeness (QED) is 0.438. The standard InChI is InChI=1S/C25H25N3.ClH/c1-18-19(2)28(16-20-8-4-3-5-9-20)25-23(12-14-26-24(18)25)27-15-13-21-10-6-7-11-22(21)17-27;/h3-12,14H,13,15-17H2,1-2H3;1H. The Morgan fingerprint density at radius 1 is 0.897 bits per heavy atom. The van der Waals surface area contributed by atoms with Crippen molar-refractivity contribution < 1.29 is 0 Å². The van der Waals surface area contributed by atoms with Crippen molar-refractivity contribution in [2.45, 2.75) is 33.4 Å². The molecule has 1 aliphatic rings. The number of hydrogen-bond donors (Lipinski definition) is 0. The van der Waals surface area contributed by atoms with Crippen LogP contribution in [0.4, 0.5) is 5.69 Å². The highest BCUT2D eigenvalue weighted by Crippen LogP contribution is 2.34. The monoisotopic (exact) mass is 403 g/mol. The van der Waals surface area contributed by atoms with Crippen LogP contribution in [0.2, 0.25) is 0 Å². The van der Waals surface area contributed by atoms with E-state index < -0.39 is 0 Å². The molecule has 0 atom stereocenters. The van der Waals surface area contributed by atoms with Crippen LogP contribution in [0.1, 0.15) is 27.9 Å². The van der Waals surface area contributed by atoms with Gasteiger partial charge in [-0.15, -0.1) is 12.4 Å². The number of hydrogen-bond acceptors (Lipinski definition) is 2. The predicted octanol–water partition coefficient (Wildman–Crippen LogP) is 5.69. The molecule has 4 aromatic rings. The third-order valence-electron chi connectivity index (χ3n) is 6.13. The summed E-state index contributed by atoms with van der Waals surface area (Å²) in [5.74, 6) is 0. The van der Waals surface area contributed by atoms with Crippen molar-refractivity contribution in [3.05, 3.63) is 94.8 Å². The molecule has 0 saturated heterocycles. The molecule has 148 valence electrons. The summed E-state index contributed by atoms with van der Waals surface area (Å²) in [4.78, 5) is 7.28. The van der Waals surface area contributed by atoms with E-state index in [1.807, 2.05) is 6.20 Å². The molecule has 4 heteroatoms. The van der Waals surface area contributed by atoms with Crippen LogP contribution < -0.4 is 4.90 Å². The molecular formula is C25H26ClN3.